The Kier molecular flexibility index (Phi) is 7.12. The Hall–Kier alpha value is -3.86. The molecule has 11 nitrogen and oxygen atoms in total. The molecule has 0 atom stereocenters. The van der Waals surface area contributed by atoms with Gasteiger partial charge >= 0.3 is 5.97 Å². The standard InChI is InChI=1S/C23H28N6O5/c1-32-18-4-2-15(3-5-20(31)34-14-19(30)28-8-10-33-11-9-28)12-16(18)13-29-7-6-17-21(29)22(24)27-23(25)26-17/h2,4,6-7,12H,3,5,8-11,13-14H2,1H3,(H4,24,25,26,27). The molecule has 34 heavy (non-hydrogen) atoms. The number of morpholine rings is 1. The maximum atomic E-state index is 12.2. The van der Waals surface area contributed by atoms with E-state index in [1.165, 1.54) is 0 Å². The number of hydrogen-bond donors (Lipinski definition) is 2. The summed E-state index contributed by atoms with van der Waals surface area (Å²) >= 11 is 0. The van der Waals surface area contributed by atoms with Crippen LogP contribution in [0, 0.1) is 0 Å². The van der Waals surface area contributed by atoms with Crippen LogP contribution in [0.3, 0.4) is 0 Å². The van der Waals surface area contributed by atoms with Gasteiger partial charge in [0.25, 0.3) is 5.91 Å². The zero-order valence-electron chi connectivity index (χ0n) is 19.0. The van der Waals surface area contributed by atoms with Crippen molar-refractivity contribution in [3.63, 3.8) is 0 Å². The number of aromatic nitrogens is 3. The molecule has 1 aromatic carbocycles. The molecule has 0 saturated carbocycles. The number of anilines is 2. The Bertz CT molecular complexity index is 1190. The average Bonchev–Trinajstić information content (AvgIpc) is 3.24. The third kappa shape index (κ3) is 5.37. The molecule has 3 heterocycles. The zero-order valence-corrected chi connectivity index (χ0v) is 19.0. The van der Waals surface area contributed by atoms with Crippen LogP contribution < -0.4 is 16.2 Å². The van der Waals surface area contributed by atoms with E-state index < -0.39 is 5.97 Å². The van der Waals surface area contributed by atoms with Crippen LogP contribution in [0.5, 0.6) is 5.75 Å². The van der Waals surface area contributed by atoms with E-state index >= 15 is 0 Å². The van der Waals surface area contributed by atoms with Crippen LogP contribution >= 0.6 is 0 Å². The van der Waals surface area contributed by atoms with E-state index in [4.69, 9.17) is 25.7 Å². The Balaban J connectivity index is 1.38. The lowest BCUT2D eigenvalue weighted by Crippen LogP contribution is -2.42. The van der Waals surface area contributed by atoms with Gasteiger partial charge in [-0.25, -0.2) is 4.98 Å². The molecule has 1 fully saturated rings. The first-order valence-electron chi connectivity index (χ1n) is 11.0. The van der Waals surface area contributed by atoms with E-state index in [0.29, 0.717) is 61.9 Å². The Morgan fingerprint density at radius 2 is 1.94 bits per heavy atom. The molecule has 1 aliphatic heterocycles. The van der Waals surface area contributed by atoms with Gasteiger partial charge in [0.15, 0.2) is 12.4 Å². The number of amides is 1. The van der Waals surface area contributed by atoms with Gasteiger partial charge in [-0.05, 0) is 24.1 Å². The molecule has 11 heteroatoms. The monoisotopic (exact) mass is 468 g/mol. The van der Waals surface area contributed by atoms with E-state index in [0.717, 1.165) is 11.1 Å². The normalized spacial score (nSPS) is 13.7. The molecule has 180 valence electrons. The van der Waals surface area contributed by atoms with Gasteiger partial charge in [-0.15, -0.1) is 0 Å². The number of nitrogens with zero attached hydrogens (tertiary/aromatic N) is 4. The van der Waals surface area contributed by atoms with Crippen LogP contribution in [0.1, 0.15) is 17.5 Å². The summed E-state index contributed by atoms with van der Waals surface area (Å²) in [7, 11) is 1.60. The number of aryl methyl sites for hydroxylation is 1. The second-order valence-corrected chi connectivity index (χ2v) is 7.94. The van der Waals surface area contributed by atoms with Gasteiger partial charge in [-0.2, -0.15) is 4.98 Å². The van der Waals surface area contributed by atoms with Gasteiger partial charge in [0.05, 0.1) is 32.4 Å². The highest BCUT2D eigenvalue weighted by molar-refractivity contribution is 5.86. The van der Waals surface area contributed by atoms with Crippen molar-refractivity contribution in [3.05, 3.63) is 41.6 Å². The van der Waals surface area contributed by atoms with Crippen molar-refractivity contribution in [2.75, 3.05) is 51.5 Å². The van der Waals surface area contributed by atoms with E-state index in [-0.39, 0.29) is 24.9 Å². The molecule has 1 saturated heterocycles. The molecule has 3 aromatic rings. The van der Waals surface area contributed by atoms with Gasteiger partial charge in [-0.3, -0.25) is 9.59 Å². The number of fused-ring (bicyclic) bond motifs is 1. The number of rotatable bonds is 8. The lowest BCUT2D eigenvalue weighted by Gasteiger charge is -2.26. The van der Waals surface area contributed by atoms with E-state index in [1.54, 1.807) is 12.0 Å². The minimum Gasteiger partial charge on any atom is -0.496 e. The molecule has 0 unspecified atom stereocenters. The zero-order chi connectivity index (χ0) is 24.1. The first kappa shape index (κ1) is 23.3. The number of carbonyl (C=O) groups excluding carboxylic acids is 2. The van der Waals surface area contributed by atoms with Crippen molar-refractivity contribution in [3.8, 4) is 5.75 Å². The SMILES string of the molecule is COc1ccc(CCC(=O)OCC(=O)N2CCOCC2)cc1Cn1ccc2nc(N)nc(N)c21. The van der Waals surface area contributed by atoms with E-state index in [2.05, 4.69) is 9.97 Å². The smallest absolute Gasteiger partial charge is 0.306 e. The molecule has 0 spiro atoms. The minimum atomic E-state index is -0.419. The van der Waals surface area contributed by atoms with E-state index in [1.807, 2.05) is 35.0 Å². The molecule has 2 aromatic heterocycles. The number of nitrogens with two attached hydrogens (primary N) is 2. The Morgan fingerprint density at radius 3 is 2.71 bits per heavy atom. The molecule has 0 aliphatic carbocycles. The molecule has 0 bridgehead atoms. The second-order valence-electron chi connectivity index (χ2n) is 7.94. The Morgan fingerprint density at radius 1 is 1.15 bits per heavy atom. The van der Waals surface area contributed by atoms with Crippen molar-refractivity contribution < 1.29 is 23.8 Å². The maximum Gasteiger partial charge on any atom is 0.306 e. The van der Waals surface area contributed by atoms with Crippen LogP contribution in [-0.4, -0.2) is 71.3 Å². The number of ether oxygens (including phenoxy) is 3. The molecule has 1 amide bonds. The van der Waals surface area contributed by atoms with Crippen molar-refractivity contribution >= 4 is 34.7 Å². The lowest BCUT2D eigenvalue weighted by molar-refractivity contribution is -0.153. The largest absolute Gasteiger partial charge is 0.496 e. The summed E-state index contributed by atoms with van der Waals surface area (Å²) in [6, 6.07) is 7.57. The summed E-state index contributed by atoms with van der Waals surface area (Å²) in [6.45, 7) is 2.27. The fourth-order valence-electron chi connectivity index (χ4n) is 3.95. The van der Waals surface area contributed by atoms with Crippen LogP contribution in [0.25, 0.3) is 11.0 Å². The molecule has 4 rings (SSSR count). The predicted octanol–water partition coefficient (Wildman–Crippen LogP) is 0.987. The number of nitrogen functional groups attached to an aromatic ring is 2. The van der Waals surface area contributed by atoms with Gasteiger partial charge in [-0.1, -0.05) is 12.1 Å². The maximum absolute atomic E-state index is 12.2. The third-order valence-electron chi connectivity index (χ3n) is 5.68. The van der Waals surface area contributed by atoms with Crippen molar-refractivity contribution in [2.24, 2.45) is 0 Å². The van der Waals surface area contributed by atoms with Crippen molar-refractivity contribution in [1.82, 2.24) is 19.4 Å². The molecule has 1 aliphatic rings. The van der Waals surface area contributed by atoms with E-state index in [9.17, 15) is 9.59 Å². The quantitative estimate of drug-likeness (QED) is 0.462. The van der Waals surface area contributed by atoms with Crippen molar-refractivity contribution in [1.29, 1.82) is 0 Å². The highest BCUT2D eigenvalue weighted by atomic mass is 16.5. The summed E-state index contributed by atoms with van der Waals surface area (Å²) in [5.74, 6) is 0.516. The van der Waals surface area contributed by atoms with Gasteiger partial charge < -0.3 is 35.1 Å². The first-order valence-corrected chi connectivity index (χ1v) is 11.0. The van der Waals surface area contributed by atoms with Crippen molar-refractivity contribution in [2.45, 2.75) is 19.4 Å². The van der Waals surface area contributed by atoms with Crippen LogP contribution in [-0.2, 0) is 32.0 Å². The van der Waals surface area contributed by atoms with Gasteiger partial charge in [0.1, 0.15) is 11.3 Å². The second kappa shape index (κ2) is 10.4. The summed E-state index contributed by atoms with van der Waals surface area (Å²) in [6.07, 6.45) is 2.49. The summed E-state index contributed by atoms with van der Waals surface area (Å²) in [4.78, 5) is 34.2. The lowest BCUT2D eigenvalue weighted by atomic mass is 10.1. The van der Waals surface area contributed by atoms with Gasteiger partial charge in [0.2, 0.25) is 5.95 Å². The molecule has 0 radical (unpaired) electrons. The third-order valence-corrected chi connectivity index (χ3v) is 5.68. The number of hydrogen-bond acceptors (Lipinski definition) is 9. The summed E-state index contributed by atoms with van der Waals surface area (Å²) < 4.78 is 17.8. The number of esters is 1. The highest BCUT2D eigenvalue weighted by Gasteiger charge is 2.18. The average molecular weight is 469 g/mol. The molecular weight excluding hydrogens is 440 g/mol. The van der Waals surface area contributed by atoms with Gasteiger partial charge in [0, 0.05) is 31.3 Å². The predicted molar refractivity (Wildman–Crippen MR) is 125 cm³/mol. The van der Waals surface area contributed by atoms with Crippen LogP contribution in [0.2, 0.25) is 0 Å². The molecular formula is C23H28N6O5. The van der Waals surface area contributed by atoms with Crippen LogP contribution in [0.4, 0.5) is 11.8 Å². The Labute approximate surface area is 196 Å². The number of carbonyl (C=O) groups is 2. The first-order chi connectivity index (χ1) is 16.4. The van der Waals surface area contributed by atoms with Crippen LogP contribution in [0.15, 0.2) is 30.5 Å². The summed E-state index contributed by atoms with van der Waals surface area (Å²) in [5.41, 5.74) is 15.0. The number of benzene rings is 1. The number of methoxy groups -OCH3 is 1. The fraction of sp³-hybridized carbons (Fsp3) is 0.391. The highest BCUT2D eigenvalue weighted by Crippen LogP contribution is 2.26. The minimum absolute atomic E-state index is 0.126. The topological polar surface area (TPSA) is 148 Å². The summed E-state index contributed by atoms with van der Waals surface area (Å²) in [5, 5.41) is 0. The fourth-order valence-corrected chi connectivity index (χ4v) is 3.95. The molecule has 4 N–H and O–H groups in total.